The topological polar surface area (TPSA) is 188 Å². The molecule has 0 spiro atoms. The number of nitrogens with one attached hydrogen (secondary N) is 2. The van der Waals surface area contributed by atoms with Crippen LogP contribution in [0.5, 0.6) is 0 Å². The zero-order valence-electron chi connectivity index (χ0n) is 27.6. The van der Waals surface area contributed by atoms with Gasteiger partial charge in [0, 0.05) is 26.2 Å². The minimum absolute atomic E-state index is 0.188. The van der Waals surface area contributed by atoms with Crippen molar-refractivity contribution in [2.75, 3.05) is 92.1 Å². The number of nitrogens with zero attached hydrogens (tertiary/aromatic N) is 2. The first-order valence-electron chi connectivity index (χ1n) is 16.3. The van der Waals surface area contributed by atoms with Gasteiger partial charge in [0.05, 0.1) is 78.0 Å². The third-order valence-corrected chi connectivity index (χ3v) is 7.57. The van der Waals surface area contributed by atoms with Crippen LogP contribution in [0.3, 0.4) is 0 Å². The van der Waals surface area contributed by atoms with Gasteiger partial charge in [-0.15, -0.1) is 0 Å². The summed E-state index contributed by atoms with van der Waals surface area (Å²) in [7, 11) is 0. The second-order valence-electron chi connectivity index (χ2n) is 11.2. The van der Waals surface area contributed by atoms with Crippen molar-refractivity contribution in [3.05, 3.63) is 71.8 Å². The molecule has 6 N–H and O–H groups in total. The Morgan fingerprint density at radius 2 is 0.854 bits per heavy atom. The summed E-state index contributed by atoms with van der Waals surface area (Å²) in [4.78, 5) is 54.0. The maximum absolute atomic E-state index is 12.9. The number of ether oxygens (including phenoxy) is 4. The van der Waals surface area contributed by atoms with Crippen LogP contribution >= 0.6 is 0 Å². The zero-order chi connectivity index (χ0) is 34.4. The monoisotopic (exact) mass is 670 g/mol. The minimum Gasteiger partial charge on any atom is -0.377 e. The van der Waals surface area contributed by atoms with Crippen molar-refractivity contribution in [2.24, 2.45) is 11.5 Å². The third kappa shape index (κ3) is 15.3. The average Bonchev–Trinajstić information content (AvgIpc) is 3.09. The molecule has 2 aromatic rings. The smallest absolute Gasteiger partial charge is 0.242 e. The van der Waals surface area contributed by atoms with Gasteiger partial charge < -0.3 is 50.8 Å². The summed E-state index contributed by atoms with van der Waals surface area (Å²) in [6.45, 7) is 3.01. The molecule has 1 fully saturated rings. The van der Waals surface area contributed by atoms with Gasteiger partial charge in [0.1, 0.15) is 0 Å². The molecule has 14 nitrogen and oxygen atoms in total. The van der Waals surface area contributed by atoms with E-state index in [4.69, 9.17) is 30.4 Å². The van der Waals surface area contributed by atoms with Crippen LogP contribution in [0, 0.1) is 0 Å². The second kappa shape index (κ2) is 22.6. The van der Waals surface area contributed by atoms with Crippen molar-refractivity contribution < 1.29 is 38.1 Å². The standard InChI is InChI=1S/C34H50N6O8/c35-29(23-27-7-3-1-4-8-27)33(43)37-25-31(41)39-11-15-45-19-21-47-17-13-40(14-18-48-22-20-46-16-12-39)32(42)26-38-34(44)30(36)24-28-9-5-2-6-10-28/h1-10,29-30H,11-26,35-36H2,(H,37,43)(H,38,44). The van der Waals surface area contributed by atoms with E-state index in [0.29, 0.717) is 39.0 Å². The van der Waals surface area contributed by atoms with Crippen molar-refractivity contribution >= 4 is 23.6 Å². The van der Waals surface area contributed by atoms with Gasteiger partial charge in [-0.3, -0.25) is 19.2 Å². The largest absolute Gasteiger partial charge is 0.377 e. The van der Waals surface area contributed by atoms with Gasteiger partial charge in [-0.05, 0) is 24.0 Å². The molecule has 0 saturated carbocycles. The number of hydrogen-bond donors (Lipinski definition) is 4. The van der Waals surface area contributed by atoms with Gasteiger partial charge >= 0.3 is 0 Å². The summed E-state index contributed by atoms with van der Waals surface area (Å²) in [5, 5.41) is 5.28. The van der Waals surface area contributed by atoms with Crippen LogP contribution in [0.15, 0.2) is 60.7 Å². The lowest BCUT2D eigenvalue weighted by Gasteiger charge is -2.24. The van der Waals surface area contributed by atoms with Gasteiger partial charge in [-0.25, -0.2) is 0 Å². The highest BCUT2D eigenvalue weighted by Crippen LogP contribution is 2.03. The molecule has 1 aliphatic heterocycles. The zero-order valence-corrected chi connectivity index (χ0v) is 27.6. The molecule has 0 bridgehead atoms. The molecule has 4 amide bonds. The Morgan fingerprint density at radius 3 is 1.17 bits per heavy atom. The van der Waals surface area contributed by atoms with E-state index in [1.165, 1.54) is 0 Å². The van der Waals surface area contributed by atoms with Crippen LogP contribution in [0.4, 0.5) is 0 Å². The number of carbonyl (C=O) groups excluding carboxylic acids is 4. The molecular weight excluding hydrogens is 620 g/mol. The van der Waals surface area contributed by atoms with Gasteiger partial charge in [-0.2, -0.15) is 0 Å². The van der Waals surface area contributed by atoms with Crippen molar-refractivity contribution in [3.8, 4) is 0 Å². The average molecular weight is 671 g/mol. The van der Waals surface area contributed by atoms with E-state index < -0.39 is 23.9 Å². The fourth-order valence-corrected chi connectivity index (χ4v) is 4.80. The van der Waals surface area contributed by atoms with Gasteiger partial charge in [-0.1, -0.05) is 60.7 Å². The molecule has 2 unspecified atom stereocenters. The summed E-state index contributed by atoms with van der Waals surface area (Å²) in [6.07, 6.45) is 0.738. The molecule has 1 saturated heterocycles. The number of nitrogens with two attached hydrogens (primary N) is 2. The number of hydrogen-bond acceptors (Lipinski definition) is 10. The Morgan fingerprint density at radius 1 is 0.542 bits per heavy atom. The fraction of sp³-hybridized carbons (Fsp3) is 0.529. The summed E-state index contributed by atoms with van der Waals surface area (Å²) in [5.41, 5.74) is 14.0. The van der Waals surface area contributed by atoms with Crippen molar-refractivity contribution in [1.82, 2.24) is 20.4 Å². The Bertz CT molecular complexity index is 1120. The van der Waals surface area contributed by atoms with Crippen LogP contribution in [-0.4, -0.2) is 138 Å². The Labute approximate surface area is 282 Å². The summed E-state index contributed by atoms with van der Waals surface area (Å²) in [6, 6.07) is 17.3. The minimum atomic E-state index is -0.771. The molecule has 0 aliphatic carbocycles. The highest BCUT2D eigenvalue weighted by atomic mass is 16.5. The van der Waals surface area contributed by atoms with E-state index in [1.54, 1.807) is 9.80 Å². The molecule has 1 heterocycles. The van der Waals surface area contributed by atoms with E-state index in [0.717, 1.165) is 11.1 Å². The first kappa shape index (κ1) is 38.5. The quantitative estimate of drug-likeness (QED) is 0.247. The Hall–Kier alpha value is -3.92. The summed E-state index contributed by atoms with van der Waals surface area (Å²) >= 11 is 0. The van der Waals surface area contributed by atoms with Crippen LogP contribution in [0.2, 0.25) is 0 Å². The van der Waals surface area contributed by atoms with Crippen LogP contribution in [0.25, 0.3) is 0 Å². The van der Waals surface area contributed by atoms with Gasteiger partial charge in [0.15, 0.2) is 0 Å². The van der Waals surface area contributed by atoms with Crippen LogP contribution < -0.4 is 22.1 Å². The molecule has 2 atom stereocenters. The lowest BCUT2D eigenvalue weighted by atomic mass is 10.1. The fourth-order valence-electron chi connectivity index (χ4n) is 4.80. The maximum Gasteiger partial charge on any atom is 0.242 e. The maximum atomic E-state index is 12.9. The Balaban J connectivity index is 1.39. The molecule has 0 aromatic heterocycles. The summed E-state index contributed by atoms with van der Waals surface area (Å²) in [5.74, 6) is -1.35. The highest BCUT2D eigenvalue weighted by Gasteiger charge is 2.20. The van der Waals surface area contributed by atoms with Crippen molar-refractivity contribution in [2.45, 2.75) is 24.9 Å². The van der Waals surface area contributed by atoms with Crippen LogP contribution in [-0.2, 0) is 51.0 Å². The SMILES string of the molecule is NC(Cc1ccccc1)C(=O)NCC(=O)N1CCOCCOCCN(C(=O)CNC(=O)C(N)Cc2ccccc2)CCOCCOCC1. The van der Waals surface area contributed by atoms with Crippen LogP contribution in [0.1, 0.15) is 11.1 Å². The predicted octanol–water partition coefficient (Wildman–Crippen LogP) is -0.904. The molecule has 14 heteroatoms. The van der Waals surface area contributed by atoms with E-state index in [1.807, 2.05) is 60.7 Å². The van der Waals surface area contributed by atoms with Gasteiger partial charge in [0.2, 0.25) is 23.6 Å². The van der Waals surface area contributed by atoms with Crippen molar-refractivity contribution in [3.63, 3.8) is 0 Å². The van der Waals surface area contributed by atoms with E-state index >= 15 is 0 Å². The number of benzene rings is 2. The van der Waals surface area contributed by atoms with Crippen molar-refractivity contribution in [1.29, 1.82) is 0 Å². The first-order valence-corrected chi connectivity index (χ1v) is 16.3. The molecule has 3 rings (SSSR count). The molecule has 2 aromatic carbocycles. The molecule has 0 radical (unpaired) electrons. The van der Waals surface area contributed by atoms with Gasteiger partial charge in [0.25, 0.3) is 0 Å². The number of rotatable bonds is 10. The molecule has 48 heavy (non-hydrogen) atoms. The van der Waals surface area contributed by atoms with E-state index in [9.17, 15) is 19.2 Å². The second-order valence-corrected chi connectivity index (χ2v) is 11.2. The lowest BCUT2D eigenvalue weighted by Crippen LogP contribution is -2.48. The normalized spacial score (nSPS) is 17.3. The third-order valence-electron chi connectivity index (χ3n) is 7.57. The summed E-state index contributed by atoms with van der Waals surface area (Å²) < 4.78 is 22.7. The number of amides is 4. The predicted molar refractivity (Wildman–Crippen MR) is 179 cm³/mol. The highest BCUT2D eigenvalue weighted by molar-refractivity contribution is 5.88. The Kier molecular flexibility index (Phi) is 18.2. The molecular formula is C34H50N6O8. The number of carbonyl (C=O) groups is 4. The van der Waals surface area contributed by atoms with E-state index in [-0.39, 0.29) is 77.8 Å². The first-order chi connectivity index (χ1) is 23.3. The van der Waals surface area contributed by atoms with E-state index in [2.05, 4.69) is 10.6 Å². The molecule has 264 valence electrons. The molecule has 1 aliphatic rings. The lowest BCUT2D eigenvalue weighted by molar-refractivity contribution is -0.135.